The van der Waals surface area contributed by atoms with Crippen LogP contribution in [0.3, 0.4) is 0 Å². The Kier molecular flexibility index (Phi) is 6.06. The number of allylic oxidation sites excluding steroid dienone is 2. The highest BCUT2D eigenvalue weighted by molar-refractivity contribution is 6.41. The van der Waals surface area contributed by atoms with Crippen molar-refractivity contribution >= 4 is 31.8 Å². The second-order valence-corrected chi connectivity index (χ2v) is 6.24. The van der Waals surface area contributed by atoms with Crippen LogP contribution < -0.4 is 4.74 Å². The van der Waals surface area contributed by atoms with E-state index in [-0.39, 0.29) is 0 Å². The zero-order valence-corrected chi connectivity index (χ0v) is 15.4. The first kappa shape index (κ1) is 18.9. The third-order valence-corrected chi connectivity index (χ3v) is 4.16. The van der Waals surface area contributed by atoms with E-state index in [9.17, 15) is 8.63 Å². The van der Waals surface area contributed by atoms with Crippen molar-refractivity contribution in [2.75, 3.05) is 6.61 Å². The highest BCUT2D eigenvalue weighted by Gasteiger charge is 2.24. The molecule has 6 heteroatoms. The molecule has 0 saturated heterocycles. The van der Waals surface area contributed by atoms with Crippen molar-refractivity contribution in [3.63, 3.8) is 0 Å². The molecular weight excluding hydrogens is 345 g/mol. The molecule has 0 N–H and O–H groups in total. The fraction of sp³-hybridized carbons (Fsp3) is 0.190. The van der Waals surface area contributed by atoms with Crippen molar-refractivity contribution in [1.82, 2.24) is 4.48 Å². The molecule has 0 fully saturated rings. The van der Waals surface area contributed by atoms with Crippen LogP contribution >= 0.6 is 0 Å². The smallest absolute Gasteiger partial charge is 0.494 e. The van der Waals surface area contributed by atoms with Gasteiger partial charge in [0.05, 0.1) is 12.3 Å². The molecule has 0 spiro atoms. The fourth-order valence-corrected chi connectivity index (χ4v) is 2.84. The number of halogens is 2. The van der Waals surface area contributed by atoms with Gasteiger partial charge in [0.2, 0.25) is 0 Å². The first-order valence-corrected chi connectivity index (χ1v) is 8.92. The van der Waals surface area contributed by atoms with Gasteiger partial charge in [0.25, 0.3) is 0 Å². The molecule has 0 radical (unpaired) electrons. The second-order valence-electron chi connectivity index (χ2n) is 6.24. The summed E-state index contributed by atoms with van der Waals surface area (Å²) < 4.78 is 34.0. The van der Waals surface area contributed by atoms with Gasteiger partial charge in [0.1, 0.15) is 5.75 Å². The molecule has 0 atom stereocenters. The van der Waals surface area contributed by atoms with E-state index in [0.29, 0.717) is 23.7 Å². The minimum absolute atomic E-state index is 0.451. The van der Waals surface area contributed by atoms with Crippen LogP contribution in [0.25, 0.3) is 18.2 Å². The third-order valence-electron chi connectivity index (χ3n) is 4.16. The summed E-state index contributed by atoms with van der Waals surface area (Å²) in [5.74, 6) is 0.805. The van der Waals surface area contributed by atoms with E-state index < -0.39 is 7.40 Å². The molecular formula is C21H21BF2N2O. The monoisotopic (exact) mass is 366 g/mol. The van der Waals surface area contributed by atoms with Crippen molar-refractivity contribution in [3.05, 3.63) is 70.7 Å². The minimum Gasteiger partial charge on any atom is -0.494 e. The lowest BCUT2D eigenvalue weighted by atomic mass is 10.1. The number of hydrogen-bond donors (Lipinski definition) is 0. The van der Waals surface area contributed by atoms with E-state index in [4.69, 9.17) is 4.74 Å². The van der Waals surface area contributed by atoms with E-state index in [1.165, 1.54) is 0 Å². The van der Waals surface area contributed by atoms with Gasteiger partial charge in [0, 0.05) is 17.6 Å². The zero-order valence-electron chi connectivity index (χ0n) is 15.4. The lowest BCUT2D eigenvalue weighted by molar-refractivity contribution is 0.317. The summed E-state index contributed by atoms with van der Waals surface area (Å²) in [7, 11) is -2.63. The summed E-state index contributed by atoms with van der Waals surface area (Å²) in [5.41, 5.74) is 3.28. The van der Waals surface area contributed by atoms with E-state index in [1.54, 1.807) is 36.6 Å². The summed E-state index contributed by atoms with van der Waals surface area (Å²) in [4.78, 5) is 4.14. The van der Waals surface area contributed by atoms with Crippen molar-refractivity contribution < 1.29 is 13.4 Å². The largest absolute Gasteiger partial charge is 0.678 e. The Morgan fingerprint density at radius 3 is 2.59 bits per heavy atom. The predicted octanol–water partition coefficient (Wildman–Crippen LogP) is 5.51. The fourth-order valence-electron chi connectivity index (χ4n) is 2.84. The summed E-state index contributed by atoms with van der Waals surface area (Å²) in [6.45, 7) is 4.55. The molecule has 3 rings (SSSR count). The summed E-state index contributed by atoms with van der Waals surface area (Å²) in [6, 6.07) is 9.34. The normalized spacial score (nSPS) is 14.6. The molecule has 1 aliphatic rings. The van der Waals surface area contributed by atoms with Gasteiger partial charge < -0.3 is 9.21 Å². The molecule has 0 aliphatic carbocycles. The van der Waals surface area contributed by atoms with Crippen LogP contribution in [0.2, 0.25) is 0 Å². The zero-order chi connectivity index (χ0) is 19.2. The summed E-state index contributed by atoms with van der Waals surface area (Å²) in [6.07, 6.45) is 11.4. The molecule has 2 heterocycles. The molecule has 0 saturated carbocycles. The maximum atomic E-state index is 13.7. The predicted molar refractivity (Wildman–Crippen MR) is 109 cm³/mol. The number of ether oxygens (including phenoxy) is 1. The van der Waals surface area contributed by atoms with Gasteiger partial charge in [-0.25, -0.2) is 0 Å². The van der Waals surface area contributed by atoms with E-state index in [2.05, 4.69) is 11.9 Å². The molecule has 0 bridgehead atoms. The standard InChI is InChI=1S/C21H21BF2N2O/c1-3-13-27-20-10-7-17(8-11-20)6-9-19-14-16(2)21(26(19)22(23)24)15-18-5-4-12-25-18/h4-12,14-15H,3,13H2,1-2H3/b9-6+,18-15-. The molecule has 0 unspecified atom stereocenters. The van der Waals surface area contributed by atoms with E-state index >= 15 is 0 Å². The van der Waals surface area contributed by atoms with Crippen LogP contribution in [0.5, 0.6) is 5.75 Å². The lowest BCUT2D eigenvalue weighted by Crippen LogP contribution is -2.16. The number of aromatic nitrogens is 1. The number of benzene rings is 1. The van der Waals surface area contributed by atoms with Gasteiger partial charge in [0.15, 0.2) is 0 Å². The Bertz CT molecular complexity index is 895. The average molecular weight is 366 g/mol. The maximum Gasteiger partial charge on any atom is 0.678 e. The summed E-state index contributed by atoms with van der Waals surface area (Å²) in [5, 5.41) is 0. The van der Waals surface area contributed by atoms with Crippen LogP contribution in [0, 0.1) is 6.92 Å². The number of hydrogen-bond acceptors (Lipinski definition) is 2. The molecule has 3 nitrogen and oxygen atoms in total. The van der Waals surface area contributed by atoms with Crippen LogP contribution in [0.4, 0.5) is 8.63 Å². The van der Waals surface area contributed by atoms with Crippen molar-refractivity contribution in [3.8, 4) is 5.75 Å². The topological polar surface area (TPSA) is 26.5 Å². The molecule has 0 amide bonds. The Labute approximate surface area is 158 Å². The van der Waals surface area contributed by atoms with Crippen molar-refractivity contribution in [2.24, 2.45) is 4.99 Å². The SMILES string of the molecule is CCCOc1ccc(/C=C/c2cc(C)c(/C=C3/C=CC=N3)n2B(F)F)cc1. The number of aryl methyl sites for hydroxylation is 1. The van der Waals surface area contributed by atoms with Crippen LogP contribution in [-0.2, 0) is 0 Å². The quantitative estimate of drug-likeness (QED) is 0.594. The van der Waals surface area contributed by atoms with Gasteiger partial charge in [-0.05, 0) is 67.0 Å². The highest BCUT2D eigenvalue weighted by atomic mass is 19.2. The lowest BCUT2D eigenvalue weighted by Gasteiger charge is -2.07. The van der Waals surface area contributed by atoms with Crippen LogP contribution in [0.15, 0.2) is 53.2 Å². The van der Waals surface area contributed by atoms with E-state index in [1.807, 2.05) is 37.3 Å². The molecule has 138 valence electrons. The van der Waals surface area contributed by atoms with Crippen molar-refractivity contribution in [2.45, 2.75) is 20.3 Å². The molecule has 1 aromatic heterocycles. The van der Waals surface area contributed by atoms with Gasteiger partial charge in [-0.1, -0.05) is 25.1 Å². The third kappa shape index (κ3) is 4.64. The van der Waals surface area contributed by atoms with Crippen LogP contribution in [0.1, 0.15) is 35.9 Å². The Morgan fingerprint density at radius 2 is 1.96 bits per heavy atom. The molecule has 1 aliphatic heterocycles. The average Bonchev–Trinajstić information content (AvgIpc) is 3.27. The number of nitrogens with zero attached hydrogens (tertiary/aromatic N) is 2. The Balaban J connectivity index is 1.86. The first-order valence-electron chi connectivity index (χ1n) is 8.92. The van der Waals surface area contributed by atoms with Gasteiger partial charge in [-0.15, -0.1) is 0 Å². The highest BCUT2D eigenvalue weighted by Crippen LogP contribution is 2.24. The van der Waals surface area contributed by atoms with E-state index in [0.717, 1.165) is 27.8 Å². The van der Waals surface area contributed by atoms with Gasteiger partial charge in [-0.2, -0.15) is 0 Å². The summed E-state index contributed by atoms with van der Waals surface area (Å²) >= 11 is 0. The molecule has 1 aromatic carbocycles. The minimum atomic E-state index is -2.63. The molecule has 2 aromatic rings. The first-order chi connectivity index (χ1) is 13.1. The Hall–Kier alpha value is -2.89. The van der Waals surface area contributed by atoms with Gasteiger partial charge >= 0.3 is 7.40 Å². The Morgan fingerprint density at radius 1 is 1.19 bits per heavy atom. The maximum absolute atomic E-state index is 13.7. The van der Waals surface area contributed by atoms with Crippen LogP contribution in [-0.4, -0.2) is 24.7 Å². The van der Waals surface area contributed by atoms with Gasteiger partial charge in [-0.3, -0.25) is 13.6 Å². The number of aliphatic imine (C=N–C) groups is 1. The number of rotatable bonds is 7. The molecule has 27 heavy (non-hydrogen) atoms. The second kappa shape index (κ2) is 8.67. The van der Waals surface area contributed by atoms with Crippen molar-refractivity contribution in [1.29, 1.82) is 0 Å².